The van der Waals surface area contributed by atoms with E-state index in [1.807, 2.05) is 36.1 Å². The lowest BCUT2D eigenvalue weighted by Crippen LogP contribution is -2.33. The standard InChI is InChI=1S/C23H26N4O/c1-14(2)22-24-12-17(13-25-22)20-11-19(23(28)27-9-5-6-16(27)4)18-8-7-15(3)10-21(18)26-20/h7-8,10-14,16H,5-6,9H2,1-4H3/t16-/m1/s1. The summed E-state index contributed by atoms with van der Waals surface area (Å²) >= 11 is 0. The predicted octanol–water partition coefficient (Wildman–Crippen LogP) is 4.75. The van der Waals surface area contributed by atoms with Gasteiger partial charge in [0.15, 0.2) is 0 Å². The number of rotatable bonds is 3. The van der Waals surface area contributed by atoms with E-state index >= 15 is 0 Å². The maximum Gasteiger partial charge on any atom is 0.254 e. The van der Waals surface area contributed by atoms with Gasteiger partial charge >= 0.3 is 0 Å². The van der Waals surface area contributed by atoms with E-state index in [0.29, 0.717) is 5.56 Å². The molecule has 0 aliphatic carbocycles. The summed E-state index contributed by atoms with van der Waals surface area (Å²) in [5.41, 5.74) is 4.23. The fourth-order valence-corrected chi connectivity index (χ4v) is 3.82. The van der Waals surface area contributed by atoms with Crippen LogP contribution in [0.4, 0.5) is 0 Å². The van der Waals surface area contributed by atoms with Crippen molar-refractivity contribution in [2.24, 2.45) is 0 Å². The lowest BCUT2D eigenvalue weighted by Gasteiger charge is -2.22. The van der Waals surface area contributed by atoms with E-state index in [1.54, 1.807) is 12.4 Å². The van der Waals surface area contributed by atoms with Crippen molar-refractivity contribution in [1.29, 1.82) is 0 Å². The Balaban J connectivity index is 1.85. The molecule has 0 spiro atoms. The van der Waals surface area contributed by atoms with E-state index in [1.165, 1.54) is 0 Å². The number of nitrogens with zero attached hydrogens (tertiary/aromatic N) is 4. The summed E-state index contributed by atoms with van der Waals surface area (Å²) in [6.07, 6.45) is 5.73. The monoisotopic (exact) mass is 374 g/mol. The van der Waals surface area contributed by atoms with Gasteiger partial charge in [0.25, 0.3) is 5.91 Å². The first-order valence-corrected chi connectivity index (χ1v) is 9.98. The zero-order valence-corrected chi connectivity index (χ0v) is 16.9. The molecule has 3 heterocycles. The van der Waals surface area contributed by atoms with Crippen molar-refractivity contribution in [2.45, 2.75) is 52.5 Å². The summed E-state index contributed by atoms with van der Waals surface area (Å²) < 4.78 is 0. The molecule has 5 heteroatoms. The summed E-state index contributed by atoms with van der Waals surface area (Å²) in [6, 6.07) is 8.26. The highest BCUT2D eigenvalue weighted by atomic mass is 16.2. The first-order valence-electron chi connectivity index (χ1n) is 9.98. The van der Waals surface area contributed by atoms with Crippen molar-refractivity contribution < 1.29 is 4.79 Å². The molecule has 0 unspecified atom stereocenters. The van der Waals surface area contributed by atoms with Crippen molar-refractivity contribution in [2.75, 3.05) is 6.54 Å². The molecule has 0 bridgehead atoms. The van der Waals surface area contributed by atoms with Crippen LogP contribution in [-0.2, 0) is 0 Å². The highest BCUT2D eigenvalue weighted by Gasteiger charge is 2.27. The topological polar surface area (TPSA) is 59.0 Å². The van der Waals surface area contributed by atoms with Crippen LogP contribution in [0.1, 0.15) is 61.3 Å². The van der Waals surface area contributed by atoms with E-state index in [2.05, 4.69) is 30.7 Å². The SMILES string of the molecule is Cc1ccc2c(C(=O)N3CCC[C@H]3C)cc(-c3cnc(C(C)C)nc3)nc2c1. The highest BCUT2D eigenvalue weighted by molar-refractivity contribution is 6.07. The average Bonchev–Trinajstić information content (AvgIpc) is 3.12. The molecule has 3 aromatic rings. The van der Waals surface area contributed by atoms with Crippen LogP contribution < -0.4 is 0 Å². The normalized spacial score (nSPS) is 16.9. The third kappa shape index (κ3) is 3.37. The van der Waals surface area contributed by atoms with Crippen LogP contribution in [0.25, 0.3) is 22.2 Å². The van der Waals surface area contributed by atoms with Gasteiger partial charge in [0.2, 0.25) is 0 Å². The summed E-state index contributed by atoms with van der Waals surface area (Å²) in [4.78, 5) is 29.1. The van der Waals surface area contributed by atoms with Crippen molar-refractivity contribution in [3.05, 3.63) is 53.6 Å². The molecule has 1 aliphatic heterocycles. The van der Waals surface area contributed by atoms with Gasteiger partial charge in [-0.3, -0.25) is 4.79 Å². The molecule has 0 saturated carbocycles. The smallest absolute Gasteiger partial charge is 0.254 e. The maximum atomic E-state index is 13.4. The van der Waals surface area contributed by atoms with Gasteiger partial charge in [-0.15, -0.1) is 0 Å². The molecule has 0 radical (unpaired) electrons. The van der Waals surface area contributed by atoms with Crippen LogP contribution in [0.5, 0.6) is 0 Å². The van der Waals surface area contributed by atoms with E-state index in [9.17, 15) is 4.79 Å². The summed E-state index contributed by atoms with van der Waals surface area (Å²) in [7, 11) is 0. The molecule has 4 rings (SSSR count). The number of carbonyl (C=O) groups is 1. The molecule has 1 saturated heterocycles. The first kappa shape index (κ1) is 18.5. The minimum absolute atomic E-state index is 0.0854. The highest BCUT2D eigenvalue weighted by Crippen LogP contribution is 2.28. The number of fused-ring (bicyclic) bond motifs is 1. The predicted molar refractivity (Wildman–Crippen MR) is 111 cm³/mol. The van der Waals surface area contributed by atoms with E-state index in [0.717, 1.165) is 52.9 Å². The Bertz CT molecular complexity index is 1030. The van der Waals surface area contributed by atoms with Crippen molar-refractivity contribution in [3.63, 3.8) is 0 Å². The molecule has 144 valence electrons. The van der Waals surface area contributed by atoms with Gasteiger partial charge in [-0.2, -0.15) is 0 Å². The fourth-order valence-electron chi connectivity index (χ4n) is 3.82. The quantitative estimate of drug-likeness (QED) is 0.664. The Hall–Kier alpha value is -2.82. The Morgan fingerprint density at radius 2 is 1.93 bits per heavy atom. The number of likely N-dealkylation sites (tertiary alicyclic amines) is 1. The number of aryl methyl sites for hydroxylation is 1. The largest absolute Gasteiger partial charge is 0.336 e. The summed E-state index contributed by atoms with van der Waals surface area (Å²) in [5, 5.41) is 0.901. The summed E-state index contributed by atoms with van der Waals surface area (Å²) in [5.74, 6) is 1.17. The molecular formula is C23H26N4O. The molecule has 1 aromatic carbocycles. The maximum absolute atomic E-state index is 13.4. The van der Waals surface area contributed by atoms with Gasteiger partial charge in [0.1, 0.15) is 5.82 Å². The average molecular weight is 374 g/mol. The van der Waals surface area contributed by atoms with Gasteiger partial charge in [-0.25, -0.2) is 15.0 Å². The number of pyridine rings is 1. The molecule has 0 N–H and O–H groups in total. The summed E-state index contributed by atoms with van der Waals surface area (Å²) in [6.45, 7) is 9.12. The van der Waals surface area contributed by atoms with Crippen LogP contribution >= 0.6 is 0 Å². The Labute approximate surface area is 165 Å². The van der Waals surface area contributed by atoms with Gasteiger partial charge in [0.05, 0.1) is 16.8 Å². The number of amides is 1. The van der Waals surface area contributed by atoms with Crippen molar-refractivity contribution in [3.8, 4) is 11.3 Å². The Kier molecular flexibility index (Phi) is 4.84. The van der Waals surface area contributed by atoms with Crippen molar-refractivity contribution in [1.82, 2.24) is 19.9 Å². The number of benzene rings is 1. The third-order valence-electron chi connectivity index (χ3n) is 5.49. The lowest BCUT2D eigenvalue weighted by molar-refractivity contribution is 0.0749. The van der Waals surface area contributed by atoms with E-state index in [4.69, 9.17) is 4.98 Å². The number of aromatic nitrogens is 3. The molecule has 5 nitrogen and oxygen atoms in total. The molecule has 1 atom stereocenters. The Morgan fingerprint density at radius 1 is 1.18 bits per heavy atom. The third-order valence-corrected chi connectivity index (χ3v) is 5.49. The second kappa shape index (κ2) is 7.30. The van der Waals surface area contributed by atoms with Crippen LogP contribution in [-0.4, -0.2) is 38.3 Å². The van der Waals surface area contributed by atoms with Crippen LogP contribution in [0.3, 0.4) is 0 Å². The number of hydrogen-bond donors (Lipinski definition) is 0. The van der Waals surface area contributed by atoms with Gasteiger partial charge < -0.3 is 4.90 Å². The van der Waals surface area contributed by atoms with Gasteiger partial charge in [-0.05, 0) is 44.4 Å². The van der Waals surface area contributed by atoms with E-state index < -0.39 is 0 Å². The lowest BCUT2D eigenvalue weighted by atomic mass is 10.0. The molecule has 1 fully saturated rings. The zero-order valence-electron chi connectivity index (χ0n) is 16.9. The molecule has 1 aliphatic rings. The molecule has 28 heavy (non-hydrogen) atoms. The van der Waals surface area contributed by atoms with E-state index in [-0.39, 0.29) is 17.9 Å². The van der Waals surface area contributed by atoms with Crippen molar-refractivity contribution >= 4 is 16.8 Å². The minimum Gasteiger partial charge on any atom is -0.336 e. The Morgan fingerprint density at radius 3 is 2.57 bits per heavy atom. The van der Waals surface area contributed by atoms with Gasteiger partial charge in [0, 0.05) is 41.8 Å². The molecular weight excluding hydrogens is 348 g/mol. The second-order valence-corrected chi connectivity index (χ2v) is 8.05. The van der Waals surface area contributed by atoms with Gasteiger partial charge in [-0.1, -0.05) is 26.0 Å². The minimum atomic E-state index is 0.0854. The zero-order chi connectivity index (χ0) is 19.8. The number of hydrogen-bond acceptors (Lipinski definition) is 4. The first-order chi connectivity index (χ1) is 13.4. The van der Waals surface area contributed by atoms with Crippen LogP contribution in [0, 0.1) is 6.92 Å². The molecule has 2 aromatic heterocycles. The second-order valence-electron chi connectivity index (χ2n) is 8.05. The fraction of sp³-hybridized carbons (Fsp3) is 0.391. The molecule has 1 amide bonds. The van der Waals surface area contributed by atoms with Crippen LogP contribution in [0.2, 0.25) is 0 Å². The van der Waals surface area contributed by atoms with Crippen LogP contribution in [0.15, 0.2) is 36.7 Å². The number of carbonyl (C=O) groups excluding carboxylic acids is 1.